The van der Waals surface area contributed by atoms with E-state index in [4.69, 9.17) is 18.9 Å². The summed E-state index contributed by atoms with van der Waals surface area (Å²) in [5.74, 6) is 2.70. The van der Waals surface area contributed by atoms with Crippen LogP contribution in [0.15, 0.2) is 71.5 Å². The molecule has 1 heterocycles. The molecular formula is C30H34N2O6. The second kappa shape index (κ2) is 12.5. The van der Waals surface area contributed by atoms with Crippen molar-refractivity contribution < 1.29 is 24.1 Å². The Morgan fingerprint density at radius 2 is 1.61 bits per heavy atom. The van der Waals surface area contributed by atoms with E-state index in [-0.39, 0.29) is 12.2 Å². The van der Waals surface area contributed by atoms with Crippen LogP contribution in [0.2, 0.25) is 0 Å². The SMILES string of the molecule is COc1ccc2cc(-c3ccc(OCC(O)CNCCc4ccc(OC)c(OC)c4)cc3)n(C)c(=O)c2c1. The van der Waals surface area contributed by atoms with E-state index in [1.54, 1.807) is 39.0 Å². The van der Waals surface area contributed by atoms with Crippen molar-refractivity contribution in [3.63, 3.8) is 0 Å². The van der Waals surface area contributed by atoms with Gasteiger partial charge in [0.25, 0.3) is 5.56 Å². The van der Waals surface area contributed by atoms with Gasteiger partial charge in [0.1, 0.15) is 24.2 Å². The van der Waals surface area contributed by atoms with Gasteiger partial charge in [-0.2, -0.15) is 0 Å². The van der Waals surface area contributed by atoms with Gasteiger partial charge in [-0.05, 0) is 84.1 Å². The van der Waals surface area contributed by atoms with Gasteiger partial charge in [0.2, 0.25) is 0 Å². The summed E-state index contributed by atoms with van der Waals surface area (Å²) < 4.78 is 23.3. The average molecular weight is 519 g/mol. The Balaban J connectivity index is 1.29. The van der Waals surface area contributed by atoms with Crippen molar-refractivity contribution in [2.45, 2.75) is 12.5 Å². The molecule has 0 aliphatic rings. The monoisotopic (exact) mass is 518 g/mol. The van der Waals surface area contributed by atoms with Crippen LogP contribution in [0.3, 0.4) is 0 Å². The molecule has 0 saturated carbocycles. The summed E-state index contributed by atoms with van der Waals surface area (Å²) in [5.41, 5.74) is 2.73. The van der Waals surface area contributed by atoms with Crippen molar-refractivity contribution in [2.24, 2.45) is 7.05 Å². The summed E-state index contributed by atoms with van der Waals surface area (Å²) in [6.45, 7) is 1.28. The highest BCUT2D eigenvalue weighted by Crippen LogP contribution is 2.28. The fourth-order valence-corrected chi connectivity index (χ4v) is 4.30. The first kappa shape index (κ1) is 27.0. The predicted octanol–water partition coefficient (Wildman–Crippen LogP) is 3.80. The van der Waals surface area contributed by atoms with E-state index in [9.17, 15) is 9.90 Å². The van der Waals surface area contributed by atoms with E-state index < -0.39 is 6.10 Å². The number of nitrogens with zero attached hydrogens (tertiary/aromatic N) is 1. The van der Waals surface area contributed by atoms with Crippen LogP contribution in [0.25, 0.3) is 22.0 Å². The molecule has 8 heteroatoms. The van der Waals surface area contributed by atoms with E-state index >= 15 is 0 Å². The van der Waals surface area contributed by atoms with Crippen LogP contribution in [-0.2, 0) is 13.5 Å². The summed E-state index contributed by atoms with van der Waals surface area (Å²) in [5, 5.41) is 15.0. The molecule has 1 unspecified atom stereocenters. The van der Waals surface area contributed by atoms with Crippen molar-refractivity contribution in [3.8, 4) is 34.3 Å². The zero-order chi connectivity index (χ0) is 27.1. The summed E-state index contributed by atoms with van der Waals surface area (Å²) in [6, 6.07) is 20.8. The quantitative estimate of drug-likeness (QED) is 0.276. The molecule has 0 fully saturated rings. The smallest absolute Gasteiger partial charge is 0.258 e. The lowest BCUT2D eigenvalue weighted by Gasteiger charge is -2.15. The second-order valence-electron chi connectivity index (χ2n) is 8.98. The van der Waals surface area contributed by atoms with Gasteiger partial charge in [0.05, 0.1) is 32.4 Å². The van der Waals surface area contributed by atoms with Crippen LogP contribution in [0.5, 0.6) is 23.0 Å². The van der Waals surface area contributed by atoms with Gasteiger partial charge in [-0.3, -0.25) is 4.79 Å². The largest absolute Gasteiger partial charge is 0.497 e. The zero-order valence-electron chi connectivity index (χ0n) is 22.2. The first-order chi connectivity index (χ1) is 18.4. The number of aliphatic hydroxyl groups is 1. The van der Waals surface area contributed by atoms with Gasteiger partial charge < -0.3 is 33.9 Å². The highest BCUT2D eigenvalue weighted by Gasteiger charge is 2.11. The molecule has 38 heavy (non-hydrogen) atoms. The number of nitrogens with one attached hydrogen (secondary N) is 1. The Kier molecular flexibility index (Phi) is 8.89. The number of ether oxygens (including phenoxy) is 4. The maximum absolute atomic E-state index is 12.9. The number of aliphatic hydroxyl groups excluding tert-OH is 1. The maximum atomic E-state index is 12.9. The molecule has 0 bridgehead atoms. The first-order valence-electron chi connectivity index (χ1n) is 12.4. The molecule has 0 spiro atoms. The lowest BCUT2D eigenvalue weighted by molar-refractivity contribution is 0.106. The zero-order valence-corrected chi connectivity index (χ0v) is 22.2. The minimum Gasteiger partial charge on any atom is -0.497 e. The number of hydrogen-bond acceptors (Lipinski definition) is 7. The topological polar surface area (TPSA) is 91.2 Å². The molecule has 2 N–H and O–H groups in total. The second-order valence-corrected chi connectivity index (χ2v) is 8.98. The highest BCUT2D eigenvalue weighted by atomic mass is 16.5. The van der Waals surface area contributed by atoms with Crippen molar-refractivity contribution in [2.75, 3.05) is 41.0 Å². The summed E-state index contributed by atoms with van der Waals surface area (Å²) in [7, 11) is 6.58. The fourth-order valence-electron chi connectivity index (χ4n) is 4.30. The molecule has 0 amide bonds. The number of hydrogen-bond donors (Lipinski definition) is 2. The van der Waals surface area contributed by atoms with Gasteiger partial charge in [0, 0.05) is 13.6 Å². The molecule has 1 atom stereocenters. The Hall–Kier alpha value is -4.01. The number of fused-ring (bicyclic) bond motifs is 1. The average Bonchev–Trinajstić information content (AvgIpc) is 2.96. The van der Waals surface area contributed by atoms with E-state index in [0.29, 0.717) is 41.5 Å². The van der Waals surface area contributed by atoms with Crippen LogP contribution in [0.4, 0.5) is 0 Å². The van der Waals surface area contributed by atoms with Crippen molar-refractivity contribution in [1.29, 1.82) is 0 Å². The summed E-state index contributed by atoms with van der Waals surface area (Å²) in [6.07, 6.45) is 0.138. The van der Waals surface area contributed by atoms with Gasteiger partial charge >= 0.3 is 0 Å². The summed E-state index contributed by atoms with van der Waals surface area (Å²) >= 11 is 0. The number of benzene rings is 3. The minimum atomic E-state index is -0.654. The molecule has 4 rings (SSSR count). The number of aromatic nitrogens is 1. The van der Waals surface area contributed by atoms with Gasteiger partial charge in [0.15, 0.2) is 11.5 Å². The lowest BCUT2D eigenvalue weighted by Crippen LogP contribution is -2.32. The number of pyridine rings is 1. The summed E-state index contributed by atoms with van der Waals surface area (Å²) in [4.78, 5) is 12.9. The molecular weight excluding hydrogens is 484 g/mol. The molecule has 8 nitrogen and oxygen atoms in total. The van der Waals surface area contributed by atoms with Crippen LogP contribution < -0.4 is 29.8 Å². The Bertz CT molecular complexity index is 1430. The molecule has 0 radical (unpaired) electrons. The van der Waals surface area contributed by atoms with Gasteiger partial charge in [-0.15, -0.1) is 0 Å². The van der Waals surface area contributed by atoms with E-state index in [1.165, 1.54) is 0 Å². The van der Waals surface area contributed by atoms with Crippen molar-refractivity contribution >= 4 is 10.8 Å². The van der Waals surface area contributed by atoms with Gasteiger partial charge in [-0.25, -0.2) is 0 Å². The maximum Gasteiger partial charge on any atom is 0.258 e. The molecule has 4 aromatic rings. The molecule has 0 saturated heterocycles. The van der Waals surface area contributed by atoms with Crippen molar-refractivity contribution in [3.05, 3.63) is 82.6 Å². The van der Waals surface area contributed by atoms with Crippen LogP contribution in [-0.4, -0.2) is 56.8 Å². The fraction of sp³-hybridized carbons (Fsp3) is 0.300. The molecule has 0 aliphatic heterocycles. The first-order valence-corrected chi connectivity index (χ1v) is 12.4. The third-order valence-electron chi connectivity index (χ3n) is 6.46. The highest BCUT2D eigenvalue weighted by molar-refractivity contribution is 5.86. The Morgan fingerprint density at radius 1 is 0.868 bits per heavy atom. The van der Waals surface area contributed by atoms with Gasteiger partial charge in [-0.1, -0.05) is 12.1 Å². The number of rotatable bonds is 12. The predicted molar refractivity (Wildman–Crippen MR) is 149 cm³/mol. The third-order valence-corrected chi connectivity index (χ3v) is 6.46. The van der Waals surface area contributed by atoms with Crippen molar-refractivity contribution in [1.82, 2.24) is 9.88 Å². The Morgan fingerprint density at radius 3 is 2.32 bits per heavy atom. The Labute approximate surface area is 222 Å². The van der Waals surface area contributed by atoms with E-state index in [1.807, 2.05) is 60.7 Å². The van der Waals surface area contributed by atoms with Crippen LogP contribution in [0.1, 0.15) is 5.56 Å². The van der Waals surface area contributed by atoms with Crippen LogP contribution in [0, 0.1) is 0 Å². The molecule has 3 aromatic carbocycles. The molecule has 0 aliphatic carbocycles. The van der Waals surface area contributed by atoms with E-state index in [0.717, 1.165) is 28.6 Å². The standard InChI is InChI=1S/C30H34N2O6/c1-32-27(16-22-8-11-25(35-2)17-26(22)30(32)34)21-6-9-24(10-7-21)38-19-23(33)18-31-14-13-20-5-12-28(36-3)29(15-20)37-4/h5-12,15-17,23,31,33H,13-14,18-19H2,1-4H3. The lowest BCUT2D eigenvalue weighted by atomic mass is 10.1. The van der Waals surface area contributed by atoms with E-state index in [2.05, 4.69) is 5.32 Å². The molecule has 1 aromatic heterocycles. The molecule has 200 valence electrons. The van der Waals surface area contributed by atoms with Crippen LogP contribution >= 0.6 is 0 Å². The third kappa shape index (κ3) is 6.27. The minimum absolute atomic E-state index is 0.0847. The normalized spacial score (nSPS) is 11.8. The number of methoxy groups -OCH3 is 3.